The summed E-state index contributed by atoms with van der Waals surface area (Å²) in [6.45, 7) is 35.5. The van der Waals surface area contributed by atoms with Gasteiger partial charge in [0.15, 0.2) is 11.5 Å². The molecule has 0 saturated heterocycles. The van der Waals surface area contributed by atoms with Gasteiger partial charge >= 0.3 is 0 Å². The van der Waals surface area contributed by atoms with Crippen LogP contribution in [-0.2, 0) is 21.7 Å². The topological polar surface area (TPSA) is 24.9 Å². The van der Waals surface area contributed by atoms with Crippen molar-refractivity contribution in [2.24, 2.45) is 0 Å². The average molecular weight is 987 g/mol. The molecule has 3 aliphatic rings. The molecular formula is C70H75BN2O2. The van der Waals surface area contributed by atoms with Gasteiger partial charge in [-0.1, -0.05) is 186 Å². The van der Waals surface area contributed by atoms with Crippen LogP contribution in [0.15, 0.2) is 146 Å². The van der Waals surface area contributed by atoms with Crippen LogP contribution < -0.4 is 35.7 Å². The van der Waals surface area contributed by atoms with E-state index in [0.29, 0.717) is 13.2 Å². The highest BCUT2D eigenvalue weighted by atomic mass is 16.5. The second kappa shape index (κ2) is 18.1. The van der Waals surface area contributed by atoms with Crippen LogP contribution >= 0.6 is 0 Å². The summed E-state index contributed by atoms with van der Waals surface area (Å²) in [6.07, 6.45) is 0.824. The van der Waals surface area contributed by atoms with Gasteiger partial charge in [0.05, 0.1) is 24.6 Å². The standard InChI is InChI=1S/C70H75BN2O2/c1-43-35-60-63-61(36-43)73(64-44(2)37-55(38-45(64)3)70(13,14)15)65-58(31-32-62-66(65)75-34-16-33-74-62)71(63)57-30-23-49(46-17-24-52(25-18-46)67(4,5)6)42-59(57)72(60)56-40-50(47-19-26-53(27-20-47)68(7,8)9)39-51(41-56)48-21-28-54(29-22-48)69(10,11)12/h17-32,35-42H,16,33-34H2,1-15H3. The third-order valence-electron chi connectivity index (χ3n) is 16.1. The minimum absolute atomic E-state index is 0.0101. The van der Waals surface area contributed by atoms with Gasteiger partial charge in [0.25, 0.3) is 6.71 Å². The second-order valence-electron chi connectivity index (χ2n) is 25.9. The molecule has 0 fully saturated rings. The van der Waals surface area contributed by atoms with Gasteiger partial charge in [-0.2, -0.15) is 0 Å². The summed E-state index contributed by atoms with van der Waals surface area (Å²) >= 11 is 0. The van der Waals surface area contributed by atoms with Gasteiger partial charge in [-0.3, -0.25) is 0 Å². The summed E-state index contributed by atoms with van der Waals surface area (Å²) < 4.78 is 13.5. The molecule has 11 rings (SSSR count). The molecule has 0 bridgehead atoms. The Kier molecular flexibility index (Phi) is 12.1. The Hall–Kier alpha value is -6.98. The maximum absolute atomic E-state index is 6.92. The van der Waals surface area contributed by atoms with Crippen molar-refractivity contribution in [1.29, 1.82) is 0 Å². The lowest BCUT2D eigenvalue weighted by molar-refractivity contribution is 0.297. The van der Waals surface area contributed by atoms with Crippen LogP contribution in [0.25, 0.3) is 33.4 Å². The van der Waals surface area contributed by atoms with Crippen molar-refractivity contribution in [2.45, 2.75) is 132 Å². The molecule has 3 heterocycles. The van der Waals surface area contributed by atoms with E-state index in [4.69, 9.17) is 9.47 Å². The summed E-state index contributed by atoms with van der Waals surface area (Å²) in [6, 6.07) is 56.4. The first kappa shape index (κ1) is 50.2. The van der Waals surface area contributed by atoms with Crippen molar-refractivity contribution >= 4 is 57.2 Å². The lowest BCUT2D eigenvalue weighted by Crippen LogP contribution is -2.61. The first-order valence-electron chi connectivity index (χ1n) is 27.3. The lowest BCUT2D eigenvalue weighted by Gasteiger charge is -2.45. The number of rotatable bonds is 5. The van der Waals surface area contributed by atoms with Gasteiger partial charge in [0.1, 0.15) is 0 Å². The number of benzene rings is 8. The number of aryl methyl sites for hydroxylation is 3. The van der Waals surface area contributed by atoms with Crippen molar-refractivity contribution < 1.29 is 9.47 Å². The molecule has 0 N–H and O–H groups in total. The smallest absolute Gasteiger partial charge is 0.252 e. The van der Waals surface area contributed by atoms with Crippen molar-refractivity contribution in [1.82, 2.24) is 0 Å². The highest BCUT2D eigenvalue weighted by Crippen LogP contribution is 2.52. The molecule has 4 nitrogen and oxygen atoms in total. The number of fused-ring (bicyclic) bond motifs is 6. The molecule has 380 valence electrons. The zero-order valence-electron chi connectivity index (χ0n) is 47.3. The van der Waals surface area contributed by atoms with Crippen LogP contribution in [0.3, 0.4) is 0 Å². The summed E-state index contributed by atoms with van der Waals surface area (Å²) in [5, 5.41) is 0. The summed E-state index contributed by atoms with van der Waals surface area (Å²) in [5.74, 6) is 1.63. The van der Waals surface area contributed by atoms with Gasteiger partial charge < -0.3 is 19.3 Å². The highest BCUT2D eigenvalue weighted by Gasteiger charge is 2.46. The monoisotopic (exact) mass is 987 g/mol. The normalized spacial score (nSPS) is 14.3. The molecule has 0 radical (unpaired) electrons. The third kappa shape index (κ3) is 9.04. The zero-order chi connectivity index (χ0) is 53.1. The largest absolute Gasteiger partial charge is 0.489 e. The van der Waals surface area contributed by atoms with E-state index < -0.39 is 0 Å². The summed E-state index contributed by atoms with van der Waals surface area (Å²) in [5.41, 5.74) is 26.8. The van der Waals surface area contributed by atoms with Crippen molar-refractivity contribution in [3.05, 3.63) is 185 Å². The van der Waals surface area contributed by atoms with E-state index in [2.05, 4.69) is 259 Å². The van der Waals surface area contributed by atoms with Crippen molar-refractivity contribution in [2.75, 3.05) is 23.0 Å². The van der Waals surface area contributed by atoms with Crippen LogP contribution in [0, 0.1) is 20.8 Å². The van der Waals surface area contributed by atoms with Crippen molar-refractivity contribution in [3.8, 4) is 44.9 Å². The van der Waals surface area contributed by atoms with Crippen LogP contribution in [0.2, 0.25) is 0 Å². The number of anilines is 6. The van der Waals surface area contributed by atoms with Crippen molar-refractivity contribution in [3.63, 3.8) is 0 Å². The fraction of sp³-hybridized carbons (Fsp3) is 0.314. The maximum Gasteiger partial charge on any atom is 0.252 e. The summed E-state index contributed by atoms with van der Waals surface area (Å²) in [7, 11) is 0. The molecule has 0 unspecified atom stereocenters. The van der Waals surface area contributed by atoms with Gasteiger partial charge in [0.2, 0.25) is 0 Å². The van der Waals surface area contributed by atoms with Crippen LogP contribution in [0.4, 0.5) is 34.1 Å². The molecule has 0 aliphatic carbocycles. The molecule has 8 aromatic carbocycles. The molecular weight excluding hydrogens is 912 g/mol. The van der Waals surface area contributed by atoms with E-state index in [1.165, 1.54) is 111 Å². The molecule has 8 aromatic rings. The molecule has 0 amide bonds. The van der Waals surface area contributed by atoms with E-state index >= 15 is 0 Å². The molecule has 3 aliphatic heterocycles. The second-order valence-corrected chi connectivity index (χ2v) is 25.9. The quantitative estimate of drug-likeness (QED) is 0.160. The minimum atomic E-state index is -0.102. The van der Waals surface area contributed by atoms with E-state index in [9.17, 15) is 0 Å². The fourth-order valence-electron chi connectivity index (χ4n) is 11.8. The van der Waals surface area contributed by atoms with Gasteiger partial charge in [-0.15, -0.1) is 0 Å². The number of nitrogens with zero attached hydrogens (tertiary/aromatic N) is 2. The summed E-state index contributed by atoms with van der Waals surface area (Å²) in [4.78, 5) is 5.14. The third-order valence-corrected chi connectivity index (χ3v) is 16.1. The Morgan fingerprint density at radius 3 is 1.35 bits per heavy atom. The van der Waals surface area contributed by atoms with E-state index in [1.54, 1.807) is 0 Å². The SMILES string of the molecule is Cc1cc2c3c(c1)N(c1c(C)cc(C(C)(C)C)cc1C)c1c(ccc4c1OCCCO4)B3c1ccc(-c3ccc(C(C)(C)C)cc3)cc1N2c1cc(-c2ccc(C(C)(C)C)cc2)cc(-c2ccc(C(C)(C)C)cc2)c1. The van der Waals surface area contributed by atoms with Gasteiger partial charge in [-0.25, -0.2) is 0 Å². The Morgan fingerprint density at radius 1 is 0.387 bits per heavy atom. The molecule has 0 saturated carbocycles. The van der Waals surface area contributed by atoms with Crippen LogP contribution in [0.5, 0.6) is 11.5 Å². The Bertz CT molecular complexity index is 3420. The van der Waals surface area contributed by atoms with E-state index in [-0.39, 0.29) is 28.4 Å². The minimum Gasteiger partial charge on any atom is -0.489 e. The Labute approximate surface area is 448 Å². The number of ether oxygens (including phenoxy) is 2. The maximum atomic E-state index is 6.92. The molecule has 75 heavy (non-hydrogen) atoms. The number of hydrogen-bond donors (Lipinski definition) is 0. The number of hydrogen-bond acceptors (Lipinski definition) is 4. The molecule has 0 atom stereocenters. The van der Waals surface area contributed by atoms with Gasteiger partial charge in [-0.05, 0) is 174 Å². The first-order chi connectivity index (χ1) is 35.4. The zero-order valence-corrected chi connectivity index (χ0v) is 47.3. The predicted octanol–water partition coefficient (Wildman–Crippen LogP) is 17.0. The molecule has 0 aromatic heterocycles. The Morgan fingerprint density at radius 2 is 0.840 bits per heavy atom. The molecule has 5 heteroatoms. The first-order valence-corrected chi connectivity index (χ1v) is 27.3. The predicted molar refractivity (Wildman–Crippen MR) is 321 cm³/mol. The lowest BCUT2D eigenvalue weighted by atomic mass is 9.33. The average Bonchev–Trinajstić information content (AvgIpc) is 3.65. The van der Waals surface area contributed by atoms with E-state index in [1.807, 2.05) is 0 Å². The molecule has 0 spiro atoms. The van der Waals surface area contributed by atoms with Crippen LogP contribution in [-0.4, -0.2) is 19.9 Å². The van der Waals surface area contributed by atoms with Crippen LogP contribution in [0.1, 0.15) is 128 Å². The fourth-order valence-corrected chi connectivity index (χ4v) is 11.8. The van der Waals surface area contributed by atoms with Gasteiger partial charge in [0, 0.05) is 29.2 Å². The van der Waals surface area contributed by atoms with E-state index in [0.717, 1.165) is 29.3 Å². The highest BCUT2D eigenvalue weighted by molar-refractivity contribution is 7.00. The Balaban J connectivity index is 1.22.